The number of halogens is 4. The third-order valence-electron chi connectivity index (χ3n) is 6.34. The van der Waals surface area contributed by atoms with E-state index in [0.29, 0.717) is 47.4 Å². The molecule has 174 valence electrons. The minimum Gasteiger partial charge on any atom is -0.332 e. The molecule has 33 heavy (non-hydrogen) atoms. The summed E-state index contributed by atoms with van der Waals surface area (Å²) in [5, 5.41) is 8.66. The number of aromatic nitrogens is 4. The molecule has 1 aliphatic carbocycles. The van der Waals surface area contributed by atoms with Gasteiger partial charge >= 0.3 is 6.18 Å². The van der Waals surface area contributed by atoms with Gasteiger partial charge in [0.1, 0.15) is 0 Å². The first kappa shape index (κ1) is 22.2. The number of hydrogen-bond donors (Lipinski definition) is 0. The summed E-state index contributed by atoms with van der Waals surface area (Å²) in [7, 11) is 3.35. The lowest BCUT2D eigenvalue weighted by molar-refractivity contribution is -0.140. The Balaban J connectivity index is 1.53. The van der Waals surface area contributed by atoms with Gasteiger partial charge in [0.25, 0.3) is 5.91 Å². The van der Waals surface area contributed by atoms with Crippen LogP contribution in [0.1, 0.15) is 57.3 Å². The average Bonchev–Trinajstić information content (AvgIpc) is 3.44. The van der Waals surface area contributed by atoms with Crippen LogP contribution in [0.2, 0.25) is 0 Å². The van der Waals surface area contributed by atoms with Crippen molar-refractivity contribution in [3.05, 3.63) is 58.2 Å². The summed E-state index contributed by atoms with van der Waals surface area (Å²) in [4.78, 5) is 15.2. The Morgan fingerprint density at radius 1 is 1.09 bits per heavy atom. The summed E-state index contributed by atoms with van der Waals surface area (Å²) >= 11 is 3.40. The number of rotatable bonds is 5. The van der Waals surface area contributed by atoms with E-state index in [0.717, 1.165) is 29.8 Å². The van der Waals surface area contributed by atoms with Crippen molar-refractivity contribution in [2.45, 2.75) is 43.2 Å². The highest BCUT2D eigenvalue weighted by Gasteiger charge is 2.39. The molecule has 0 N–H and O–H groups in total. The number of alkyl halides is 4. The molecule has 0 radical (unpaired) electrons. The van der Waals surface area contributed by atoms with Gasteiger partial charge in [-0.05, 0) is 54.2 Å². The highest BCUT2D eigenvalue weighted by molar-refractivity contribution is 9.08. The second-order valence-corrected chi connectivity index (χ2v) is 9.36. The molecule has 1 saturated carbocycles. The molecule has 3 aromatic rings. The molecular formula is C23H23BrF3N5O. The van der Waals surface area contributed by atoms with Crippen molar-refractivity contribution in [3.8, 4) is 11.1 Å². The Morgan fingerprint density at radius 3 is 2.48 bits per heavy atom. The largest absolute Gasteiger partial charge is 0.435 e. The molecule has 0 bridgehead atoms. The minimum absolute atomic E-state index is 0.00556. The van der Waals surface area contributed by atoms with Gasteiger partial charge in [-0.2, -0.15) is 23.4 Å². The molecular weight excluding hydrogens is 499 g/mol. The molecule has 0 spiro atoms. The van der Waals surface area contributed by atoms with Gasteiger partial charge in [0, 0.05) is 49.2 Å². The maximum atomic E-state index is 13.7. The second-order valence-electron chi connectivity index (χ2n) is 8.80. The van der Waals surface area contributed by atoms with Crippen molar-refractivity contribution in [3.63, 3.8) is 0 Å². The van der Waals surface area contributed by atoms with Gasteiger partial charge in [0.15, 0.2) is 5.69 Å². The molecule has 1 fully saturated rings. The van der Waals surface area contributed by atoms with Crippen LogP contribution < -0.4 is 0 Å². The molecule has 3 heterocycles. The van der Waals surface area contributed by atoms with Crippen molar-refractivity contribution in [1.82, 2.24) is 24.5 Å². The Labute approximate surface area is 197 Å². The van der Waals surface area contributed by atoms with Gasteiger partial charge in [-0.3, -0.25) is 14.2 Å². The fraction of sp³-hybridized carbons (Fsp3) is 0.435. The number of amides is 1. The molecule has 2 aromatic heterocycles. The van der Waals surface area contributed by atoms with Crippen molar-refractivity contribution in [2.75, 3.05) is 6.54 Å². The molecule has 2 aliphatic rings. The van der Waals surface area contributed by atoms with Crippen LogP contribution in [0, 0.1) is 0 Å². The highest BCUT2D eigenvalue weighted by Crippen LogP contribution is 2.41. The van der Waals surface area contributed by atoms with Crippen LogP contribution in [-0.2, 0) is 38.6 Å². The third kappa shape index (κ3) is 4.09. The zero-order chi connectivity index (χ0) is 23.5. The SMILES string of the molecule is Cn1cc(-c2cc(CBr)cc3c2CCN(Cc2cc(C4CC4)nn2C)C3=O)c(C(F)(F)F)n1. The normalized spacial score (nSPS) is 16.4. The molecule has 10 heteroatoms. The van der Waals surface area contributed by atoms with Crippen LogP contribution in [-0.4, -0.2) is 36.9 Å². The van der Waals surface area contributed by atoms with Crippen LogP contribution in [0.5, 0.6) is 0 Å². The van der Waals surface area contributed by atoms with Gasteiger partial charge < -0.3 is 4.90 Å². The maximum absolute atomic E-state index is 13.7. The number of nitrogens with zero attached hydrogens (tertiary/aromatic N) is 5. The van der Waals surface area contributed by atoms with Crippen molar-refractivity contribution < 1.29 is 18.0 Å². The van der Waals surface area contributed by atoms with Gasteiger partial charge in [-0.15, -0.1) is 0 Å². The quantitative estimate of drug-likeness (QED) is 0.452. The van der Waals surface area contributed by atoms with Gasteiger partial charge in [0.2, 0.25) is 0 Å². The van der Waals surface area contributed by atoms with E-state index >= 15 is 0 Å². The first-order valence-corrected chi connectivity index (χ1v) is 11.9. The summed E-state index contributed by atoms with van der Waals surface area (Å²) in [6.07, 6.45) is -0.435. The maximum Gasteiger partial charge on any atom is 0.435 e. The van der Waals surface area contributed by atoms with Gasteiger partial charge in [-0.25, -0.2) is 0 Å². The zero-order valence-corrected chi connectivity index (χ0v) is 19.9. The number of aryl methyl sites for hydroxylation is 2. The Bertz CT molecular complexity index is 1240. The van der Waals surface area contributed by atoms with Crippen molar-refractivity contribution in [1.29, 1.82) is 0 Å². The second kappa shape index (κ2) is 8.00. The van der Waals surface area contributed by atoms with Crippen LogP contribution in [0.25, 0.3) is 11.1 Å². The average molecular weight is 522 g/mol. The van der Waals surface area contributed by atoms with E-state index in [2.05, 4.69) is 32.2 Å². The molecule has 6 nitrogen and oxygen atoms in total. The van der Waals surface area contributed by atoms with E-state index < -0.39 is 11.9 Å². The van der Waals surface area contributed by atoms with E-state index in [1.807, 2.05) is 11.7 Å². The fourth-order valence-electron chi connectivity index (χ4n) is 4.53. The number of fused-ring (bicyclic) bond motifs is 1. The number of hydrogen-bond acceptors (Lipinski definition) is 3. The van der Waals surface area contributed by atoms with E-state index in [1.165, 1.54) is 17.9 Å². The lowest BCUT2D eigenvalue weighted by Crippen LogP contribution is -2.38. The third-order valence-corrected chi connectivity index (χ3v) is 6.99. The van der Waals surface area contributed by atoms with Crippen LogP contribution in [0.4, 0.5) is 13.2 Å². The molecule has 0 unspecified atom stereocenters. The molecule has 1 aliphatic heterocycles. The van der Waals surface area contributed by atoms with E-state index in [4.69, 9.17) is 0 Å². The van der Waals surface area contributed by atoms with E-state index in [9.17, 15) is 18.0 Å². The predicted molar refractivity (Wildman–Crippen MR) is 120 cm³/mol. The monoisotopic (exact) mass is 521 g/mol. The first-order chi connectivity index (χ1) is 15.7. The predicted octanol–water partition coefficient (Wildman–Crippen LogP) is 4.81. The summed E-state index contributed by atoms with van der Waals surface area (Å²) in [6, 6.07) is 5.57. The lowest BCUT2D eigenvalue weighted by atomic mass is 9.88. The van der Waals surface area contributed by atoms with Gasteiger partial charge in [0.05, 0.1) is 17.9 Å². The number of carbonyl (C=O) groups excluding carboxylic acids is 1. The molecule has 1 aromatic carbocycles. The lowest BCUT2D eigenvalue weighted by Gasteiger charge is -2.30. The van der Waals surface area contributed by atoms with E-state index in [1.54, 1.807) is 17.0 Å². The first-order valence-electron chi connectivity index (χ1n) is 10.8. The van der Waals surface area contributed by atoms with Crippen molar-refractivity contribution >= 4 is 21.8 Å². The smallest absolute Gasteiger partial charge is 0.332 e. The Morgan fingerprint density at radius 2 is 1.82 bits per heavy atom. The van der Waals surface area contributed by atoms with Crippen molar-refractivity contribution in [2.24, 2.45) is 14.1 Å². The standard InChI is InChI=1S/C23H23BrF3N5O/c1-30-12-19(21(29-30)23(25,26)27)17-7-13(10-24)8-18-16(17)5-6-32(22(18)33)11-15-9-20(14-3-4-14)28-31(15)2/h7-9,12,14H,3-6,10-11H2,1-2H3. The number of carbonyl (C=O) groups is 1. The Hall–Kier alpha value is -2.62. The highest BCUT2D eigenvalue weighted by atomic mass is 79.9. The summed E-state index contributed by atoms with van der Waals surface area (Å²) in [5.41, 5.74) is 3.36. The van der Waals surface area contributed by atoms with Crippen LogP contribution in [0.3, 0.4) is 0 Å². The fourth-order valence-corrected chi connectivity index (χ4v) is 4.85. The van der Waals surface area contributed by atoms with Crippen LogP contribution >= 0.6 is 15.9 Å². The minimum atomic E-state index is -4.59. The molecule has 0 atom stereocenters. The van der Waals surface area contributed by atoms with E-state index in [-0.39, 0.29) is 11.5 Å². The topological polar surface area (TPSA) is 56.0 Å². The Kier molecular flexibility index (Phi) is 5.38. The summed E-state index contributed by atoms with van der Waals surface area (Å²) < 4.78 is 44.0. The molecule has 5 rings (SSSR count). The van der Waals surface area contributed by atoms with Crippen LogP contribution in [0.15, 0.2) is 24.4 Å². The van der Waals surface area contributed by atoms with Gasteiger partial charge in [-0.1, -0.05) is 15.9 Å². The summed E-state index contributed by atoms with van der Waals surface area (Å²) in [5.74, 6) is 0.348. The summed E-state index contributed by atoms with van der Waals surface area (Å²) in [6.45, 7) is 0.848. The molecule has 1 amide bonds. The molecule has 0 saturated heterocycles. The number of benzene rings is 1. The zero-order valence-electron chi connectivity index (χ0n) is 18.3.